The smallest absolute Gasteiger partial charge is 0.339 e. The molecule has 3 aromatic rings. The van der Waals surface area contributed by atoms with Crippen molar-refractivity contribution >= 4 is 73.0 Å². The highest BCUT2D eigenvalue weighted by molar-refractivity contribution is 14.1. The highest BCUT2D eigenvalue weighted by Crippen LogP contribution is 2.29. The number of nitro benzene ring substituents is 1. The van der Waals surface area contributed by atoms with Crippen LogP contribution in [0.2, 0.25) is 0 Å². The summed E-state index contributed by atoms with van der Waals surface area (Å²) < 4.78 is 31.0. The predicted molar refractivity (Wildman–Crippen MR) is 137 cm³/mol. The Kier molecular flexibility index (Phi) is 7.00. The first-order valence-electron chi connectivity index (χ1n) is 9.54. The maximum atomic E-state index is 12.4. The van der Waals surface area contributed by atoms with Crippen LogP contribution in [0.25, 0.3) is 6.08 Å². The van der Waals surface area contributed by atoms with Crippen molar-refractivity contribution in [2.45, 2.75) is 4.90 Å². The van der Waals surface area contributed by atoms with E-state index in [1.807, 2.05) is 24.3 Å². The SMILES string of the molecule is O=C1NC(=Nc2cccc(I)c2)S/C1=C/c1ccc(OS(=O)(=O)c2ccc([N+](=O)[O-])cc2)cc1. The van der Waals surface area contributed by atoms with E-state index in [-0.39, 0.29) is 22.2 Å². The second kappa shape index (κ2) is 9.95. The molecule has 1 N–H and O–H groups in total. The summed E-state index contributed by atoms with van der Waals surface area (Å²) in [5.74, 6) is -0.222. The average Bonchev–Trinajstić information content (AvgIpc) is 3.13. The molecule has 1 heterocycles. The second-order valence-electron chi connectivity index (χ2n) is 6.82. The molecular weight excluding hydrogens is 593 g/mol. The van der Waals surface area contributed by atoms with Gasteiger partial charge in [-0.15, -0.1) is 0 Å². The molecule has 1 amide bonds. The van der Waals surface area contributed by atoms with Crippen molar-refractivity contribution in [2.24, 2.45) is 4.99 Å². The number of nitrogens with one attached hydrogen (secondary N) is 1. The zero-order valence-corrected chi connectivity index (χ0v) is 20.8. The third-order valence-corrected chi connectivity index (χ3v) is 7.25. The minimum Gasteiger partial charge on any atom is -0.379 e. The normalized spacial score (nSPS) is 16.0. The molecule has 1 saturated heterocycles. The number of thioether (sulfide) groups is 1. The van der Waals surface area contributed by atoms with E-state index in [4.69, 9.17) is 4.18 Å². The summed E-state index contributed by atoms with van der Waals surface area (Å²) in [7, 11) is -4.16. The number of carbonyl (C=O) groups excluding carboxylic acids is 1. The van der Waals surface area contributed by atoms with Gasteiger partial charge >= 0.3 is 10.1 Å². The first-order chi connectivity index (χ1) is 16.2. The molecule has 0 bridgehead atoms. The van der Waals surface area contributed by atoms with Crippen LogP contribution >= 0.6 is 34.4 Å². The molecular formula is C22H14IN3O6S2. The fraction of sp³-hybridized carbons (Fsp3) is 0. The molecule has 1 aliphatic heterocycles. The Morgan fingerprint density at radius 1 is 1.06 bits per heavy atom. The molecule has 0 unspecified atom stereocenters. The van der Waals surface area contributed by atoms with Gasteiger partial charge in [-0.1, -0.05) is 18.2 Å². The number of hydrogen-bond donors (Lipinski definition) is 1. The number of non-ortho nitro benzene ring substituents is 1. The van der Waals surface area contributed by atoms with Crippen LogP contribution in [0.4, 0.5) is 11.4 Å². The van der Waals surface area contributed by atoms with Crippen LogP contribution in [0.15, 0.2) is 87.6 Å². The largest absolute Gasteiger partial charge is 0.379 e. The summed E-state index contributed by atoms with van der Waals surface area (Å²) in [6.45, 7) is 0. The quantitative estimate of drug-likeness (QED) is 0.139. The Morgan fingerprint density at radius 2 is 1.76 bits per heavy atom. The Labute approximate surface area is 212 Å². The monoisotopic (exact) mass is 607 g/mol. The highest BCUT2D eigenvalue weighted by Gasteiger charge is 2.24. The summed E-state index contributed by atoms with van der Waals surface area (Å²) >= 11 is 3.39. The van der Waals surface area contributed by atoms with Crippen molar-refractivity contribution in [3.8, 4) is 5.75 Å². The topological polar surface area (TPSA) is 128 Å². The van der Waals surface area contributed by atoms with Gasteiger partial charge < -0.3 is 9.50 Å². The van der Waals surface area contributed by atoms with Crippen molar-refractivity contribution in [3.05, 3.63) is 96.9 Å². The fourth-order valence-electron chi connectivity index (χ4n) is 2.82. The molecule has 1 fully saturated rings. The summed E-state index contributed by atoms with van der Waals surface area (Å²) in [6, 6.07) is 18.1. The first kappa shape index (κ1) is 23.9. The molecule has 34 heavy (non-hydrogen) atoms. The maximum Gasteiger partial charge on any atom is 0.339 e. The summed E-state index contributed by atoms with van der Waals surface area (Å²) in [4.78, 5) is 27.1. The molecule has 0 radical (unpaired) electrons. The Bertz CT molecular complexity index is 1440. The van der Waals surface area contributed by atoms with Crippen LogP contribution < -0.4 is 9.50 Å². The number of aliphatic imine (C=N–C) groups is 1. The number of amidine groups is 1. The number of carbonyl (C=O) groups is 1. The van der Waals surface area contributed by atoms with Crippen LogP contribution in [0.3, 0.4) is 0 Å². The Morgan fingerprint density at radius 3 is 2.41 bits per heavy atom. The predicted octanol–water partition coefficient (Wildman–Crippen LogP) is 4.86. The van der Waals surface area contributed by atoms with Gasteiger partial charge in [0.2, 0.25) is 0 Å². The van der Waals surface area contributed by atoms with E-state index in [2.05, 4.69) is 32.9 Å². The van der Waals surface area contributed by atoms with Crippen LogP contribution in [-0.2, 0) is 14.9 Å². The molecule has 9 nitrogen and oxygen atoms in total. The second-order valence-corrected chi connectivity index (χ2v) is 10.6. The van der Waals surface area contributed by atoms with Gasteiger partial charge in [-0.05, 0) is 88.5 Å². The zero-order valence-electron chi connectivity index (χ0n) is 17.0. The summed E-state index contributed by atoms with van der Waals surface area (Å²) in [5.41, 5.74) is 1.16. The van der Waals surface area contributed by atoms with Gasteiger partial charge in [0.15, 0.2) is 5.17 Å². The third kappa shape index (κ3) is 5.81. The van der Waals surface area contributed by atoms with E-state index in [9.17, 15) is 23.3 Å². The summed E-state index contributed by atoms with van der Waals surface area (Å²) in [6.07, 6.45) is 1.66. The molecule has 0 saturated carbocycles. The van der Waals surface area contributed by atoms with Gasteiger partial charge in [0.25, 0.3) is 11.6 Å². The van der Waals surface area contributed by atoms with Crippen molar-refractivity contribution in [2.75, 3.05) is 0 Å². The fourth-order valence-corrected chi connectivity index (χ4v) is 5.12. The molecule has 12 heteroatoms. The van der Waals surface area contributed by atoms with Crippen molar-refractivity contribution in [1.29, 1.82) is 0 Å². The standard InChI is InChI=1S/C22H14IN3O6S2/c23-15-2-1-3-16(13-15)24-22-25-21(27)20(33-22)12-14-4-8-18(9-5-14)32-34(30,31)19-10-6-17(7-11-19)26(28)29/h1-13H,(H,24,25,27)/b20-12+. The molecule has 3 aromatic carbocycles. The van der Waals surface area contributed by atoms with Gasteiger partial charge in [-0.25, -0.2) is 4.99 Å². The molecule has 1 aliphatic rings. The van der Waals surface area contributed by atoms with E-state index in [1.165, 1.54) is 23.9 Å². The van der Waals surface area contributed by atoms with Crippen LogP contribution in [-0.4, -0.2) is 24.4 Å². The number of nitro groups is 1. The lowest BCUT2D eigenvalue weighted by Crippen LogP contribution is -2.19. The van der Waals surface area contributed by atoms with Crippen LogP contribution in [0.5, 0.6) is 5.75 Å². The Hall–Kier alpha value is -3.23. The van der Waals surface area contributed by atoms with Gasteiger partial charge in [0, 0.05) is 15.7 Å². The molecule has 0 spiro atoms. The lowest BCUT2D eigenvalue weighted by atomic mass is 10.2. The van der Waals surface area contributed by atoms with E-state index < -0.39 is 15.0 Å². The van der Waals surface area contributed by atoms with E-state index in [0.717, 1.165) is 33.5 Å². The van der Waals surface area contributed by atoms with E-state index >= 15 is 0 Å². The van der Waals surface area contributed by atoms with Gasteiger partial charge in [0.1, 0.15) is 10.6 Å². The summed E-state index contributed by atoms with van der Waals surface area (Å²) in [5, 5.41) is 13.9. The van der Waals surface area contributed by atoms with Gasteiger partial charge in [0.05, 0.1) is 15.5 Å². The average molecular weight is 607 g/mol. The highest BCUT2D eigenvalue weighted by atomic mass is 127. The molecule has 0 aliphatic carbocycles. The number of rotatable bonds is 6. The van der Waals surface area contributed by atoms with Crippen LogP contribution in [0, 0.1) is 13.7 Å². The van der Waals surface area contributed by atoms with Crippen molar-refractivity contribution in [3.63, 3.8) is 0 Å². The van der Waals surface area contributed by atoms with E-state index in [1.54, 1.807) is 18.2 Å². The lowest BCUT2D eigenvalue weighted by molar-refractivity contribution is -0.384. The number of halogens is 1. The van der Waals surface area contributed by atoms with Gasteiger partial charge in [-0.3, -0.25) is 14.9 Å². The molecule has 0 atom stereocenters. The van der Waals surface area contributed by atoms with Gasteiger partial charge in [-0.2, -0.15) is 8.42 Å². The third-order valence-electron chi connectivity index (χ3n) is 4.41. The van der Waals surface area contributed by atoms with Crippen molar-refractivity contribution < 1.29 is 22.3 Å². The molecule has 0 aromatic heterocycles. The minimum atomic E-state index is -4.16. The molecule has 172 valence electrons. The first-order valence-corrected chi connectivity index (χ1v) is 12.8. The Balaban J connectivity index is 1.46. The number of amides is 1. The van der Waals surface area contributed by atoms with Crippen molar-refractivity contribution in [1.82, 2.24) is 5.32 Å². The van der Waals surface area contributed by atoms with E-state index in [0.29, 0.717) is 15.6 Å². The lowest BCUT2D eigenvalue weighted by Gasteiger charge is -2.07. The number of benzene rings is 3. The minimum absolute atomic E-state index is 0.0601. The number of hydrogen-bond acceptors (Lipinski definition) is 8. The van der Waals surface area contributed by atoms with Crippen LogP contribution in [0.1, 0.15) is 5.56 Å². The maximum absolute atomic E-state index is 12.4. The molecule has 4 rings (SSSR count). The number of nitrogens with zero attached hydrogens (tertiary/aromatic N) is 2. The zero-order chi connectivity index (χ0) is 24.3.